The molecule has 3 nitrogen and oxygen atoms in total. The fourth-order valence-corrected chi connectivity index (χ4v) is 2.22. The van der Waals surface area contributed by atoms with Crippen molar-refractivity contribution in [2.75, 3.05) is 6.54 Å². The molecule has 0 aliphatic heterocycles. The van der Waals surface area contributed by atoms with E-state index in [2.05, 4.69) is 53.0 Å². The summed E-state index contributed by atoms with van der Waals surface area (Å²) < 4.78 is 2.16. The van der Waals surface area contributed by atoms with Crippen molar-refractivity contribution in [2.45, 2.75) is 33.4 Å². The van der Waals surface area contributed by atoms with Gasteiger partial charge in [0.05, 0.1) is 0 Å². The number of nitrogens with zero attached hydrogens (tertiary/aromatic N) is 2. The zero-order valence-electron chi connectivity index (χ0n) is 11.4. The Labute approximate surface area is 109 Å². The molecule has 96 valence electrons. The topological polar surface area (TPSA) is 29.9 Å². The highest BCUT2D eigenvalue weighted by molar-refractivity contribution is 5.28. The number of hydrogen-bond acceptors (Lipinski definition) is 2. The van der Waals surface area contributed by atoms with E-state index in [4.69, 9.17) is 0 Å². The van der Waals surface area contributed by atoms with E-state index < -0.39 is 0 Å². The first-order valence-electron chi connectivity index (χ1n) is 6.45. The first-order valence-corrected chi connectivity index (χ1v) is 6.45. The normalized spacial score (nSPS) is 12.6. The lowest BCUT2D eigenvalue weighted by molar-refractivity contribution is 0.525. The van der Waals surface area contributed by atoms with Crippen LogP contribution in [0, 0.1) is 13.8 Å². The summed E-state index contributed by atoms with van der Waals surface area (Å²) in [4.78, 5) is 4.22. The van der Waals surface area contributed by atoms with Gasteiger partial charge in [-0.1, -0.05) is 24.3 Å². The van der Waals surface area contributed by atoms with E-state index in [1.807, 2.05) is 19.3 Å². The van der Waals surface area contributed by atoms with Crippen LogP contribution in [0.2, 0.25) is 0 Å². The lowest BCUT2D eigenvalue weighted by atomic mass is 10.0. The highest BCUT2D eigenvalue weighted by atomic mass is 15.1. The molecule has 0 aliphatic rings. The summed E-state index contributed by atoms with van der Waals surface area (Å²) in [6, 6.07) is 8.92. The molecule has 1 aromatic carbocycles. The molecular weight excluding hydrogens is 222 g/mol. The Balaban J connectivity index is 1.87. The van der Waals surface area contributed by atoms with Gasteiger partial charge in [0.25, 0.3) is 0 Å². The van der Waals surface area contributed by atoms with E-state index in [0.29, 0.717) is 6.04 Å². The molecule has 1 aromatic heterocycles. The van der Waals surface area contributed by atoms with Crippen LogP contribution in [0.5, 0.6) is 0 Å². The highest BCUT2D eigenvalue weighted by Crippen LogP contribution is 2.16. The van der Waals surface area contributed by atoms with Crippen molar-refractivity contribution in [1.29, 1.82) is 0 Å². The van der Waals surface area contributed by atoms with E-state index in [9.17, 15) is 0 Å². The summed E-state index contributed by atoms with van der Waals surface area (Å²) >= 11 is 0. The molecule has 18 heavy (non-hydrogen) atoms. The predicted molar refractivity (Wildman–Crippen MR) is 74.6 cm³/mol. The summed E-state index contributed by atoms with van der Waals surface area (Å²) in [6.07, 6.45) is 3.87. The van der Waals surface area contributed by atoms with Gasteiger partial charge in [0.1, 0.15) is 5.82 Å². The number of benzene rings is 1. The molecule has 0 spiro atoms. The van der Waals surface area contributed by atoms with Crippen LogP contribution in [0.25, 0.3) is 0 Å². The first kappa shape index (κ1) is 12.8. The SMILES string of the molecule is Cc1ccccc1[C@@H](C)NCCn1ccnc1C. The van der Waals surface area contributed by atoms with Gasteiger partial charge in [0, 0.05) is 31.5 Å². The molecule has 0 fully saturated rings. The van der Waals surface area contributed by atoms with Gasteiger partial charge >= 0.3 is 0 Å². The zero-order chi connectivity index (χ0) is 13.0. The molecular formula is C15H21N3. The van der Waals surface area contributed by atoms with Gasteiger partial charge in [0.2, 0.25) is 0 Å². The lowest BCUT2D eigenvalue weighted by Crippen LogP contribution is -2.24. The van der Waals surface area contributed by atoms with Crippen LogP contribution in [0.4, 0.5) is 0 Å². The van der Waals surface area contributed by atoms with Gasteiger partial charge in [-0.25, -0.2) is 4.98 Å². The van der Waals surface area contributed by atoms with Crippen molar-refractivity contribution in [1.82, 2.24) is 14.9 Å². The van der Waals surface area contributed by atoms with Crippen LogP contribution in [0.1, 0.15) is 29.9 Å². The molecule has 2 rings (SSSR count). The van der Waals surface area contributed by atoms with Gasteiger partial charge in [-0.3, -0.25) is 0 Å². The third-order valence-electron chi connectivity index (χ3n) is 3.38. The average molecular weight is 243 g/mol. The number of aryl methyl sites for hydroxylation is 2. The quantitative estimate of drug-likeness (QED) is 0.875. The smallest absolute Gasteiger partial charge is 0.105 e. The van der Waals surface area contributed by atoms with Crippen molar-refractivity contribution in [3.63, 3.8) is 0 Å². The summed E-state index contributed by atoms with van der Waals surface area (Å²) in [5.41, 5.74) is 2.72. The number of aromatic nitrogens is 2. The molecule has 1 atom stereocenters. The monoisotopic (exact) mass is 243 g/mol. The second-order valence-electron chi connectivity index (χ2n) is 4.70. The molecule has 2 aromatic rings. The van der Waals surface area contributed by atoms with Gasteiger partial charge in [-0.2, -0.15) is 0 Å². The molecule has 0 aliphatic carbocycles. The largest absolute Gasteiger partial charge is 0.334 e. The van der Waals surface area contributed by atoms with Crippen molar-refractivity contribution in [2.24, 2.45) is 0 Å². The molecule has 3 heteroatoms. The van der Waals surface area contributed by atoms with E-state index in [1.165, 1.54) is 11.1 Å². The second kappa shape index (κ2) is 5.83. The van der Waals surface area contributed by atoms with Crippen LogP contribution in [0.15, 0.2) is 36.7 Å². The van der Waals surface area contributed by atoms with Crippen molar-refractivity contribution in [3.8, 4) is 0 Å². The third-order valence-corrected chi connectivity index (χ3v) is 3.38. The molecule has 0 saturated heterocycles. The number of imidazole rings is 1. The Morgan fingerprint density at radius 2 is 2.06 bits per heavy atom. The minimum atomic E-state index is 0.384. The Kier molecular flexibility index (Phi) is 4.15. The lowest BCUT2D eigenvalue weighted by Gasteiger charge is -2.17. The molecule has 1 N–H and O–H groups in total. The molecule has 0 radical (unpaired) electrons. The predicted octanol–water partition coefficient (Wildman–Crippen LogP) is 2.85. The van der Waals surface area contributed by atoms with Gasteiger partial charge < -0.3 is 9.88 Å². The summed E-state index contributed by atoms with van der Waals surface area (Å²) in [7, 11) is 0. The molecule has 0 bridgehead atoms. The van der Waals surface area contributed by atoms with E-state index >= 15 is 0 Å². The molecule has 0 unspecified atom stereocenters. The maximum absolute atomic E-state index is 4.22. The Bertz CT molecular complexity index is 502. The van der Waals surface area contributed by atoms with Gasteiger partial charge in [0.15, 0.2) is 0 Å². The summed E-state index contributed by atoms with van der Waals surface area (Å²) in [5, 5.41) is 3.56. The van der Waals surface area contributed by atoms with Crippen molar-refractivity contribution >= 4 is 0 Å². The maximum atomic E-state index is 4.22. The van der Waals surface area contributed by atoms with Crippen LogP contribution in [-0.2, 0) is 6.54 Å². The fraction of sp³-hybridized carbons (Fsp3) is 0.400. The minimum Gasteiger partial charge on any atom is -0.334 e. The van der Waals surface area contributed by atoms with Gasteiger partial charge in [-0.05, 0) is 31.9 Å². The highest BCUT2D eigenvalue weighted by Gasteiger charge is 2.06. The number of nitrogens with one attached hydrogen (secondary N) is 1. The number of hydrogen-bond donors (Lipinski definition) is 1. The Morgan fingerprint density at radius 3 is 2.72 bits per heavy atom. The van der Waals surface area contributed by atoms with Crippen molar-refractivity contribution < 1.29 is 0 Å². The molecule has 0 amide bonds. The van der Waals surface area contributed by atoms with Crippen LogP contribution in [0.3, 0.4) is 0 Å². The molecule has 1 heterocycles. The van der Waals surface area contributed by atoms with E-state index in [-0.39, 0.29) is 0 Å². The van der Waals surface area contributed by atoms with Gasteiger partial charge in [-0.15, -0.1) is 0 Å². The average Bonchev–Trinajstić information content (AvgIpc) is 2.75. The zero-order valence-corrected chi connectivity index (χ0v) is 11.4. The van der Waals surface area contributed by atoms with Crippen LogP contribution in [-0.4, -0.2) is 16.1 Å². The summed E-state index contributed by atoms with van der Waals surface area (Å²) in [5.74, 6) is 1.07. The first-order chi connectivity index (χ1) is 8.68. The number of rotatable bonds is 5. The van der Waals surface area contributed by atoms with Crippen LogP contribution >= 0.6 is 0 Å². The second-order valence-corrected chi connectivity index (χ2v) is 4.70. The maximum Gasteiger partial charge on any atom is 0.105 e. The standard InChI is InChI=1S/C15H21N3/c1-12-6-4-5-7-15(12)13(2)16-8-10-18-11-9-17-14(18)3/h4-7,9,11,13,16H,8,10H2,1-3H3/t13-/m1/s1. The molecule has 0 saturated carbocycles. The van der Waals surface area contributed by atoms with Crippen LogP contribution < -0.4 is 5.32 Å². The third kappa shape index (κ3) is 2.99. The Hall–Kier alpha value is -1.61. The summed E-state index contributed by atoms with van der Waals surface area (Å²) in [6.45, 7) is 8.32. The fourth-order valence-electron chi connectivity index (χ4n) is 2.22. The van der Waals surface area contributed by atoms with E-state index in [0.717, 1.165) is 18.9 Å². The minimum absolute atomic E-state index is 0.384. The van der Waals surface area contributed by atoms with Crippen molar-refractivity contribution in [3.05, 3.63) is 53.6 Å². The Morgan fingerprint density at radius 1 is 1.28 bits per heavy atom. The van der Waals surface area contributed by atoms with E-state index in [1.54, 1.807) is 0 Å².